The van der Waals surface area contributed by atoms with E-state index in [-0.39, 0.29) is 5.56 Å². The first-order valence-corrected chi connectivity index (χ1v) is 4.31. The molecule has 5 heteroatoms. The number of fused-ring (bicyclic) bond motifs is 1. The summed E-state index contributed by atoms with van der Waals surface area (Å²) in [5, 5.41) is 8.91. The minimum absolute atomic E-state index is 0.202. The Balaban J connectivity index is 2.51. The van der Waals surface area contributed by atoms with Crippen molar-refractivity contribution in [1.82, 2.24) is 4.57 Å². The molecule has 0 aromatic carbocycles. The van der Waals surface area contributed by atoms with Crippen LogP contribution in [0.4, 0.5) is 0 Å². The SMILES string of the molecule is COc1c(C(=O)O)cc2n1CCOC2. The summed E-state index contributed by atoms with van der Waals surface area (Å²) in [6, 6.07) is 1.60. The molecule has 1 aromatic rings. The average Bonchev–Trinajstić information content (AvgIpc) is 2.56. The van der Waals surface area contributed by atoms with E-state index in [2.05, 4.69) is 0 Å². The van der Waals surface area contributed by atoms with Crippen LogP contribution in [0, 0.1) is 0 Å². The monoisotopic (exact) mass is 197 g/mol. The molecule has 0 radical (unpaired) electrons. The Labute approximate surface area is 80.9 Å². The molecule has 1 N–H and O–H groups in total. The van der Waals surface area contributed by atoms with Crippen molar-refractivity contribution in [2.75, 3.05) is 13.7 Å². The van der Waals surface area contributed by atoms with Crippen LogP contribution < -0.4 is 4.74 Å². The number of aromatic carboxylic acids is 1. The summed E-state index contributed by atoms with van der Waals surface area (Å²) in [5.74, 6) is -0.556. The number of carbonyl (C=O) groups is 1. The minimum Gasteiger partial charge on any atom is -0.482 e. The molecule has 0 unspecified atom stereocenters. The molecule has 0 amide bonds. The highest BCUT2D eigenvalue weighted by molar-refractivity contribution is 5.90. The number of methoxy groups -OCH3 is 1. The van der Waals surface area contributed by atoms with Gasteiger partial charge in [-0.05, 0) is 6.07 Å². The fraction of sp³-hybridized carbons (Fsp3) is 0.444. The number of hydrogen-bond acceptors (Lipinski definition) is 3. The second kappa shape index (κ2) is 3.34. The fourth-order valence-electron chi connectivity index (χ4n) is 1.65. The number of hydrogen-bond donors (Lipinski definition) is 1. The van der Waals surface area contributed by atoms with Crippen LogP contribution in [-0.4, -0.2) is 29.4 Å². The Morgan fingerprint density at radius 3 is 3.14 bits per heavy atom. The lowest BCUT2D eigenvalue weighted by atomic mass is 10.3. The van der Waals surface area contributed by atoms with Crippen molar-refractivity contribution in [3.63, 3.8) is 0 Å². The summed E-state index contributed by atoms with van der Waals surface area (Å²) in [6.45, 7) is 1.69. The van der Waals surface area contributed by atoms with Crippen molar-refractivity contribution in [1.29, 1.82) is 0 Å². The van der Waals surface area contributed by atoms with Gasteiger partial charge in [-0.25, -0.2) is 4.79 Å². The molecule has 0 saturated heterocycles. The normalized spacial score (nSPS) is 14.9. The van der Waals surface area contributed by atoms with Gasteiger partial charge in [-0.2, -0.15) is 0 Å². The molecule has 2 rings (SSSR count). The fourth-order valence-corrected chi connectivity index (χ4v) is 1.65. The number of nitrogens with zero attached hydrogens (tertiary/aromatic N) is 1. The van der Waals surface area contributed by atoms with E-state index >= 15 is 0 Å². The molecule has 0 atom stereocenters. The van der Waals surface area contributed by atoms with Crippen LogP contribution in [-0.2, 0) is 17.9 Å². The molecule has 1 aromatic heterocycles. The number of carboxylic acid groups (broad SMARTS) is 1. The highest BCUT2D eigenvalue weighted by Crippen LogP contribution is 2.26. The topological polar surface area (TPSA) is 60.7 Å². The summed E-state index contributed by atoms with van der Waals surface area (Å²) in [6.07, 6.45) is 0. The van der Waals surface area contributed by atoms with E-state index in [1.54, 1.807) is 6.07 Å². The molecule has 14 heavy (non-hydrogen) atoms. The van der Waals surface area contributed by atoms with Gasteiger partial charge in [0.15, 0.2) is 0 Å². The standard InChI is InChI=1S/C9H11NO4/c1-13-8-7(9(11)12)4-6-5-14-3-2-10(6)8/h4H,2-3,5H2,1H3,(H,11,12). The molecule has 76 valence electrons. The molecule has 1 aliphatic heterocycles. The van der Waals surface area contributed by atoms with Crippen LogP contribution in [0.2, 0.25) is 0 Å². The molecule has 5 nitrogen and oxygen atoms in total. The van der Waals surface area contributed by atoms with Gasteiger partial charge in [-0.1, -0.05) is 0 Å². The Morgan fingerprint density at radius 1 is 1.71 bits per heavy atom. The molecular weight excluding hydrogens is 186 g/mol. The van der Waals surface area contributed by atoms with E-state index in [1.807, 2.05) is 4.57 Å². The number of aromatic nitrogens is 1. The van der Waals surface area contributed by atoms with Crippen LogP contribution in [0.1, 0.15) is 16.1 Å². The predicted molar refractivity (Wildman–Crippen MR) is 47.6 cm³/mol. The van der Waals surface area contributed by atoms with Gasteiger partial charge in [-0.15, -0.1) is 0 Å². The van der Waals surface area contributed by atoms with E-state index in [0.717, 1.165) is 5.69 Å². The molecular formula is C9H11NO4. The lowest BCUT2D eigenvalue weighted by Gasteiger charge is -2.17. The Hall–Kier alpha value is -1.49. The van der Waals surface area contributed by atoms with Gasteiger partial charge in [-0.3, -0.25) is 0 Å². The maximum absolute atomic E-state index is 10.9. The van der Waals surface area contributed by atoms with Crippen LogP contribution >= 0.6 is 0 Å². The van der Waals surface area contributed by atoms with Crippen LogP contribution in [0.5, 0.6) is 5.88 Å². The van der Waals surface area contributed by atoms with Gasteiger partial charge < -0.3 is 19.1 Å². The zero-order valence-electron chi connectivity index (χ0n) is 7.82. The first kappa shape index (κ1) is 9.08. The summed E-state index contributed by atoms with van der Waals surface area (Å²) in [4.78, 5) is 10.9. The number of carboxylic acids is 1. The molecule has 1 aliphatic rings. The maximum Gasteiger partial charge on any atom is 0.341 e. The van der Waals surface area contributed by atoms with Crippen molar-refractivity contribution >= 4 is 5.97 Å². The largest absolute Gasteiger partial charge is 0.482 e. The molecule has 2 heterocycles. The zero-order chi connectivity index (χ0) is 10.1. The average molecular weight is 197 g/mol. The zero-order valence-corrected chi connectivity index (χ0v) is 7.82. The highest BCUT2D eigenvalue weighted by atomic mass is 16.5. The van der Waals surface area contributed by atoms with Crippen molar-refractivity contribution in [2.45, 2.75) is 13.2 Å². The van der Waals surface area contributed by atoms with Crippen molar-refractivity contribution in [3.8, 4) is 5.88 Å². The minimum atomic E-state index is -0.969. The second-order valence-corrected chi connectivity index (χ2v) is 3.07. The summed E-state index contributed by atoms with van der Waals surface area (Å²) < 4.78 is 12.1. The third-order valence-corrected chi connectivity index (χ3v) is 2.27. The van der Waals surface area contributed by atoms with Crippen LogP contribution in [0.15, 0.2) is 6.07 Å². The van der Waals surface area contributed by atoms with Crippen molar-refractivity contribution in [2.24, 2.45) is 0 Å². The van der Waals surface area contributed by atoms with Gasteiger partial charge >= 0.3 is 5.97 Å². The molecule has 0 bridgehead atoms. The van der Waals surface area contributed by atoms with Crippen molar-refractivity contribution < 1.29 is 19.4 Å². The molecule has 0 fully saturated rings. The van der Waals surface area contributed by atoms with Crippen LogP contribution in [0.25, 0.3) is 0 Å². The van der Waals surface area contributed by atoms with Crippen LogP contribution in [0.3, 0.4) is 0 Å². The van der Waals surface area contributed by atoms with Gasteiger partial charge in [0.25, 0.3) is 0 Å². The van der Waals surface area contributed by atoms with Crippen molar-refractivity contribution in [3.05, 3.63) is 17.3 Å². The summed E-state index contributed by atoms with van der Waals surface area (Å²) >= 11 is 0. The third kappa shape index (κ3) is 1.26. The first-order chi connectivity index (χ1) is 6.74. The van der Waals surface area contributed by atoms with E-state index in [0.29, 0.717) is 25.6 Å². The Bertz CT molecular complexity index is 369. The van der Waals surface area contributed by atoms with E-state index in [4.69, 9.17) is 14.6 Å². The van der Waals surface area contributed by atoms with E-state index in [9.17, 15) is 4.79 Å². The van der Waals surface area contributed by atoms with Gasteiger partial charge in [0.1, 0.15) is 5.56 Å². The Kier molecular flexibility index (Phi) is 2.17. The van der Waals surface area contributed by atoms with Gasteiger partial charge in [0, 0.05) is 12.2 Å². The third-order valence-electron chi connectivity index (χ3n) is 2.27. The van der Waals surface area contributed by atoms with Gasteiger partial charge in [0.2, 0.25) is 5.88 Å². The molecule has 0 spiro atoms. The maximum atomic E-state index is 10.9. The lowest BCUT2D eigenvalue weighted by Crippen LogP contribution is -2.16. The van der Waals surface area contributed by atoms with Gasteiger partial charge in [0.05, 0.1) is 20.3 Å². The summed E-state index contributed by atoms with van der Waals surface area (Å²) in [5.41, 5.74) is 1.05. The lowest BCUT2D eigenvalue weighted by molar-refractivity contribution is 0.0691. The number of ether oxygens (including phenoxy) is 2. The second-order valence-electron chi connectivity index (χ2n) is 3.07. The molecule has 0 saturated carbocycles. The highest BCUT2D eigenvalue weighted by Gasteiger charge is 2.22. The quantitative estimate of drug-likeness (QED) is 0.759. The van der Waals surface area contributed by atoms with E-state index in [1.165, 1.54) is 7.11 Å². The Morgan fingerprint density at radius 2 is 2.50 bits per heavy atom. The predicted octanol–water partition coefficient (Wildman–Crippen LogP) is 0.725. The molecule has 0 aliphatic carbocycles. The van der Waals surface area contributed by atoms with E-state index < -0.39 is 5.97 Å². The number of rotatable bonds is 2. The summed E-state index contributed by atoms with van der Waals surface area (Å²) in [7, 11) is 1.48. The smallest absolute Gasteiger partial charge is 0.341 e. The first-order valence-electron chi connectivity index (χ1n) is 4.31.